The summed E-state index contributed by atoms with van der Waals surface area (Å²) in [6.07, 6.45) is 1.96. The summed E-state index contributed by atoms with van der Waals surface area (Å²) in [5.41, 5.74) is 1.76. The molecule has 2 aromatic rings. The van der Waals surface area contributed by atoms with Gasteiger partial charge in [0.1, 0.15) is 0 Å². The van der Waals surface area contributed by atoms with Gasteiger partial charge in [0.2, 0.25) is 0 Å². The van der Waals surface area contributed by atoms with Crippen molar-refractivity contribution in [2.24, 2.45) is 0 Å². The largest absolute Gasteiger partial charge is 0.336 e. The summed E-state index contributed by atoms with van der Waals surface area (Å²) >= 11 is 1.50. The first-order valence-corrected chi connectivity index (χ1v) is 9.23. The van der Waals surface area contributed by atoms with Crippen LogP contribution in [0.1, 0.15) is 24.2 Å². The van der Waals surface area contributed by atoms with Gasteiger partial charge in [-0.25, -0.2) is 9.78 Å². The van der Waals surface area contributed by atoms with Crippen molar-refractivity contribution in [1.29, 1.82) is 0 Å². The number of nitrogens with zero attached hydrogens (tertiary/aromatic N) is 4. The molecule has 2 saturated heterocycles. The lowest BCUT2D eigenvalue weighted by atomic mass is 10.0. The van der Waals surface area contributed by atoms with Gasteiger partial charge in [-0.05, 0) is 19.8 Å². The third kappa shape index (κ3) is 2.80. The Morgan fingerprint density at radius 3 is 2.79 bits per heavy atom. The molecule has 2 aliphatic heterocycles. The molecule has 2 aromatic heterocycles. The Bertz CT molecular complexity index is 821. The maximum absolute atomic E-state index is 12.2. The van der Waals surface area contributed by atoms with Crippen molar-refractivity contribution >= 4 is 22.3 Å². The normalized spacial score (nSPS) is 20.0. The van der Waals surface area contributed by atoms with Crippen LogP contribution in [0.2, 0.25) is 0 Å². The van der Waals surface area contributed by atoms with Crippen LogP contribution in [0.15, 0.2) is 16.2 Å². The van der Waals surface area contributed by atoms with Crippen molar-refractivity contribution in [2.45, 2.75) is 32.4 Å². The fraction of sp³-hybridized carbons (Fsp3) is 0.562. The molecule has 2 amide bonds. The summed E-state index contributed by atoms with van der Waals surface area (Å²) in [5.74, 6) is 0. The van der Waals surface area contributed by atoms with Gasteiger partial charge in [0.15, 0.2) is 4.96 Å². The van der Waals surface area contributed by atoms with Crippen LogP contribution in [-0.2, 0) is 6.54 Å². The third-order valence-electron chi connectivity index (χ3n) is 4.90. The number of rotatable bonds is 3. The number of nitrogens with one attached hydrogen (secondary N) is 1. The number of carbonyl (C=O) groups excluding carboxylic acids is 1. The number of fused-ring (bicyclic) bond motifs is 1. The molecule has 1 N–H and O–H groups in total. The van der Waals surface area contributed by atoms with Crippen LogP contribution in [0.5, 0.6) is 0 Å². The lowest BCUT2D eigenvalue weighted by Gasteiger charge is -2.35. The van der Waals surface area contributed by atoms with E-state index < -0.39 is 0 Å². The van der Waals surface area contributed by atoms with Crippen molar-refractivity contribution in [3.8, 4) is 0 Å². The highest BCUT2D eigenvalue weighted by atomic mass is 32.1. The van der Waals surface area contributed by atoms with Gasteiger partial charge in [-0.15, -0.1) is 11.3 Å². The predicted molar refractivity (Wildman–Crippen MR) is 92.5 cm³/mol. The maximum atomic E-state index is 12.2. The molecule has 0 aromatic carbocycles. The fourth-order valence-corrected chi connectivity index (χ4v) is 4.53. The average Bonchev–Trinajstić information content (AvgIpc) is 3.15. The van der Waals surface area contributed by atoms with Gasteiger partial charge >= 0.3 is 6.03 Å². The Morgan fingerprint density at radius 2 is 2.08 bits per heavy atom. The number of aryl methyl sites for hydroxylation is 1. The van der Waals surface area contributed by atoms with Crippen LogP contribution in [-0.4, -0.2) is 57.4 Å². The van der Waals surface area contributed by atoms with Gasteiger partial charge in [0.05, 0.1) is 5.69 Å². The van der Waals surface area contributed by atoms with E-state index >= 15 is 0 Å². The van der Waals surface area contributed by atoms with Gasteiger partial charge in [-0.1, -0.05) is 0 Å². The molecule has 0 saturated carbocycles. The van der Waals surface area contributed by atoms with Crippen molar-refractivity contribution in [3.05, 3.63) is 33.2 Å². The highest BCUT2D eigenvalue weighted by Crippen LogP contribution is 2.20. The summed E-state index contributed by atoms with van der Waals surface area (Å²) in [5, 5.41) is 4.83. The van der Waals surface area contributed by atoms with Gasteiger partial charge in [-0.2, -0.15) is 0 Å². The number of hydrogen-bond acceptors (Lipinski definition) is 5. The summed E-state index contributed by atoms with van der Waals surface area (Å²) in [6.45, 7) is 6.05. The van der Waals surface area contributed by atoms with E-state index in [1.54, 1.807) is 10.5 Å². The van der Waals surface area contributed by atoms with Crippen LogP contribution < -0.4 is 10.9 Å². The molecule has 7 nitrogen and oxygen atoms in total. The molecule has 0 aliphatic carbocycles. The van der Waals surface area contributed by atoms with Crippen molar-refractivity contribution in [2.75, 3.05) is 26.2 Å². The van der Waals surface area contributed by atoms with Crippen LogP contribution in [0, 0.1) is 6.92 Å². The molecule has 4 rings (SSSR count). The van der Waals surface area contributed by atoms with E-state index in [2.05, 4.69) is 15.2 Å². The molecule has 4 heterocycles. The molecule has 2 aliphatic rings. The topological polar surface area (TPSA) is 70.0 Å². The number of carbonyl (C=O) groups is 1. The van der Waals surface area contributed by atoms with Crippen LogP contribution >= 0.6 is 11.3 Å². The first kappa shape index (κ1) is 15.6. The summed E-state index contributed by atoms with van der Waals surface area (Å²) in [6, 6.07) is 2.05. The summed E-state index contributed by atoms with van der Waals surface area (Å²) < 4.78 is 1.66. The molecule has 0 bridgehead atoms. The Balaban J connectivity index is 1.42. The Labute approximate surface area is 143 Å². The highest BCUT2D eigenvalue weighted by Gasteiger charge is 2.30. The molecule has 128 valence electrons. The van der Waals surface area contributed by atoms with Crippen molar-refractivity contribution in [1.82, 2.24) is 24.5 Å². The van der Waals surface area contributed by atoms with Crippen LogP contribution in [0.4, 0.5) is 4.79 Å². The number of thiazole rings is 1. The maximum Gasteiger partial charge on any atom is 0.317 e. The van der Waals surface area contributed by atoms with E-state index in [1.165, 1.54) is 11.3 Å². The SMILES string of the molecule is Cc1csc2nc(CN3CCC(N4CCNC4=O)CC3)cc(=O)n12. The van der Waals surface area contributed by atoms with Gasteiger partial charge in [-0.3, -0.25) is 14.1 Å². The molecule has 2 fully saturated rings. The Hall–Kier alpha value is -1.93. The first-order chi connectivity index (χ1) is 11.6. The monoisotopic (exact) mass is 347 g/mol. The minimum absolute atomic E-state index is 0.00243. The van der Waals surface area contributed by atoms with Crippen molar-refractivity contribution < 1.29 is 4.79 Å². The second-order valence-electron chi connectivity index (χ2n) is 6.51. The Kier molecular flexibility index (Phi) is 4.01. The van der Waals surface area contributed by atoms with E-state index in [0.29, 0.717) is 12.6 Å². The standard InChI is InChI=1S/C16H21N5O2S/c1-11-10-24-16-18-12(8-14(22)21(11)16)9-19-5-2-13(3-6-19)20-7-4-17-15(20)23/h8,10,13H,2-7,9H2,1H3,(H,17,23). The molecule has 0 radical (unpaired) electrons. The molecule has 0 spiro atoms. The number of aromatic nitrogens is 2. The molecule has 8 heteroatoms. The number of likely N-dealkylation sites (tertiary alicyclic amines) is 1. The molecule has 0 unspecified atom stereocenters. The van der Waals surface area contributed by atoms with E-state index in [9.17, 15) is 9.59 Å². The zero-order chi connectivity index (χ0) is 16.7. The lowest BCUT2D eigenvalue weighted by molar-refractivity contribution is 0.131. The number of amides is 2. The minimum atomic E-state index is -0.00243. The summed E-state index contributed by atoms with van der Waals surface area (Å²) in [7, 11) is 0. The lowest BCUT2D eigenvalue weighted by Crippen LogP contribution is -2.46. The van der Waals surface area contributed by atoms with Gasteiger partial charge in [0, 0.05) is 55.9 Å². The van der Waals surface area contributed by atoms with E-state index in [1.807, 2.05) is 17.2 Å². The predicted octanol–water partition coefficient (Wildman–Crippen LogP) is 1.05. The molecule has 24 heavy (non-hydrogen) atoms. The Morgan fingerprint density at radius 1 is 1.29 bits per heavy atom. The van der Waals surface area contributed by atoms with Gasteiger partial charge < -0.3 is 10.2 Å². The van der Waals surface area contributed by atoms with E-state index in [4.69, 9.17) is 0 Å². The molecular formula is C16H21N5O2S. The fourth-order valence-electron chi connectivity index (χ4n) is 3.63. The third-order valence-corrected chi connectivity index (χ3v) is 5.85. The first-order valence-electron chi connectivity index (χ1n) is 8.35. The second kappa shape index (κ2) is 6.18. The minimum Gasteiger partial charge on any atom is -0.336 e. The van der Waals surface area contributed by atoms with Crippen molar-refractivity contribution in [3.63, 3.8) is 0 Å². The zero-order valence-corrected chi connectivity index (χ0v) is 14.5. The van der Waals surface area contributed by atoms with E-state index in [-0.39, 0.29) is 11.6 Å². The summed E-state index contributed by atoms with van der Waals surface area (Å²) in [4.78, 5) is 33.7. The smallest absolute Gasteiger partial charge is 0.317 e. The molecule has 0 atom stereocenters. The number of urea groups is 1. The second-order valence-corrected chi connectivity index (χ2v) is 7.35. The zero-order valence-electron chi connectivity index (χ0n) is 13.7. The van der Waals surface area contributed by atoms with Crippen LogP contribution in [0.3, 0.4) is 0 Å². The van der Waals surface area contributed by atoms with Crippen LogP contribution in [0.25, 0.3) is 4.96 Å². The number of hydrogen-bond donors (Lipinski definition) is 1. The quantitative estimate of drug-likeness (QED) is 0.901. The molecular weight excluding hydrogens is 326 g/mol. The average molecular weight is 347 g/mol. The highest BCUT2D eigenvalue weighted by molar-refractivity contribution is 7.15. The van der Waals surface area contributed by atoms with E-state index in [0.717, 1.165) is 55.4 Å². The van der Waals surface area contributed by atoms with Gasteiger partial charge in [0.25, 0.3) is 5.56 Å². The number of piperidine rings is 1.